The van der Waals surface area contributed by atoms with E-state index in [-0.39, 0.29) is 0 Å². The van der Waals surface area contributed by atoms with Gasteiger partial charge in [-0.25, -0.2) is 0 Å². The summed E-state index contributed by atoms with van der Waals surface area (Å²) in [6.07, 6.45) is 11.0. The van der Waals surface area contributed by atoms with Gasteiger partial charge in [-0.1, -0.05) is 39.5 Å². The summed E-state index contributed by atoms with van der Waals surface area (Å²) in [5.74, 6) is -0.632. The van der Waals surface area contributed by atoms with E-state index >= 15 is 0 Å². The van der Waals surface area contributed by atoms with E-state index in [9.17, 15) is 9.90 Å². The fourth-order valence-electron chi connectivity index (χ4n) is 3.59. The lowest BCUT2D eigenvalue weighted by atomic mass is 9.69. The van der Waals surface area contributed by atoms with E-state index in [1.54, 1.807) is 0 Å². The normalized spacial score (nSPS) is 27.7. The van der Waals surface area contributed by atoms with Crippen LogP contribution in [-0.2, 0) is 4.79 Å². The molecule has 2 fully saturated rings. The van der Waals surface area contributed by atoms with E-state index < -0.39 is 11.5 Å². The molecular weight excluding hydrogens is 238 g/mol. The molecule has 0 aliphatic heterocycles. The van der Waals surface area contributed by atoms with Gasteiger partial charge in [0.2, 0.25) is 0 Å². The van der Waals surface area contributed by atoms with Crippen LogP contribution in [0, 0.1) is 5.41 Å². The minimum absolute atomic E-state index is 0.310. The standard InChI is InChI=1S/C16H29NO2/c1-15(2)9-11-16(12-10-15,14(18)19)17-13-7-5-3-4-6-8-13/h13,17H,3-12H2,1-2H3,(H,18,19). The Kier molecular flexibility index (Phi) is 4.54. The fraction of sp³-hybridized carbons (Fsp3) is 0.938. The highest BCUT2D eigenvalue weighted by atomic mass is 16.4. The van der Waals surface area contributed by atoms with E-state index in [1.165, 1.54) is 25.7 Å². The largest absolute Gasteiger partial charge is 0.480 e. The number of nitrogens with one attached hydrogen (secondary N) is 1. The van der Waals surface area contributed by atoms with Crippen LogP contribution in [0.25, 0.3) is 0 Å². The van der Waals surface area contributed by atoms with Crippen LogP contribution in [0.4, 0.5) is 0 Å². The Bertz CT molecular complexity index is 307. The highest BCUT2D eigenvalue weighted by Gasteiger charge is 2.45. The SMILES string of the molecule is CC1(C)CCC(NC2CCCCCC2)(C(=O)O)CC1. The number of carbonyl (C=O) groups is 1. The lowest BCUT2D eigenvalue weighted by molar-refractivity contribution is -0.148. The van der Waals surface area contributed by atoms with Crippen LogP contribution < -0.4 is 5.32 Å². The van der Waals surface area contributed by atoms with E-state index in [0.717, 1.165) is 38.5 Å². The van der Waals surface area contributed by atoms with Crippen molar-refractivity contribution in [2.45, 2.75) is 89.6 Å². The van der Waals surface area contributed by atoms with Gasteiger partial charge >= 0.3 is 5.97 Å². The third kappa shape index (κ3) is 3.71. The maximum absolute atomic E-state index is 11.8. The van der Waals surface area contributed by atoms with Crippen molar-refractivity contribution in [2.75, 3.05) is 0 Å². The molecule has 0 aromatic carbocycles. The first-order chi connectivity index (χ1) is 8.94. The molecule has 0 heterocycles. The topological polar surface area (TPSA) is 49.3 Å². The monoisotopic (exact) mass is 267 g/mol. The molecule has 0 bridgehead atoms. The van der Waals surface area contributed by atoms with Gasteiger partial charge in [0.05, 0.1) is 0 Å². The summed E-state index contributed by atoms with van der Waals surface area (Å²) >= 11 is 0. The molecule has 0 unspecified atom stereocenters. The molecule has 0 saturated heterocycles. The zero-order valence-electron chi connectivity index (χ0n) is 12.5. The van der Waals surface area contributed by atoms with Gasteiger partial charge in [0.1, 0.15) is 5.54 Å². The van der Waals surface area contributed by atoms with Crippen molar-refractivity contribution in [1.29, 1.82) is 0 Å². The van der Waals surface area contributed by atoms with Crippen LogP contribution >= 0.6 is 0 Å². The molecule has 0 amide bonds. The second-order valence-electron chi connectivity index (χ2n) is 7.38. The Morgan fingerprint density at radius 3 is 2.00 bits per heavy atom. The van der Waals surface area contributed by atoms with E-state index in [0.29, 0.717) is 11.5 Å². The maximum Gasteiger partial charge on any atom is 0.323 e. The van der Waals surface area contributed by atoms with Crippen LogP contribution in [-0.4, -0.2) is 22.7 Å². The molecular formula is C16H29NO2. The second-order valence-corrected chi connectivity index (χ2v) is 7.38. The number of carboxylic acids is 1. The summed E-state index contributed by atoms with van der Waals surface area (Å²) in [7, 11) is 0. The molecule has 0 aromatic heterocycles. The Labute approximate surface area is 117 Å². The lowest BCUT2D eigenvalue weighted by Crippen LogP contribution is -2.58. The predicted molar refractivity (Wildman–Crippen MR) is 77.2 cm³/mol. The fourth-order valence-corrected chi connectivity index (χ4v) is 3.59. The summed E-state index contributed by atoms with van der Waals surface area (Å²) in [5, 5.41) is 13.2. The Hall–Kier alpha value is -0.570. The Balaban J connectivity index is 2.01. The smallest absolute Gasteiger partial charge is 0.323 e. The molecule has 0 atom stereocenters. The Morgan fingerprint density at radius 1 is 1.00 bits per heavy atom. The molecule has 110 valence electrons. The zero-order chi connectivity index (χ0) is 13.9. The first-order valence-corrected chi connectivity index (χ1v) is 7.95. The van der Waals surface area contributed by atoms with Crippen molar-refractivity contribution in [3.63, 3.8) is 0 Å². The Morgan fingerprint density at radius 2 is 1.53 bits per heavy atom. The number of aliphatic carboxylic acids is 1. The van der Waals surface area contributed by atoms with Gasteiger partial charge in [0, 0.05) is 6.04 Å². The highest BCUT2D eigenvalue weighted by molar-refractivity contribution is 5.79. The zero-order valence-corrected chi connectivity index (χ0v) is 12.5. The summed E-state index contributed by atoms with van der Waals surface area (Å²) in [6, 6.07) is 0.416. The van der Waals surface area contributed by atoms with Crippen molar-refractivity contribution in [3.8, 4) is 0 Å². The minimum atomic E-state index is -0.648. The minimum Gasteiger partial charge on any atom is -0.480 e. The highest BCUT2D eigenvalue weighted by Crippen LogP contribution is 2.41. The average molecular weight is 267 g/mol. The number of carboxylic acid groups (broad SMARTS) is 1. The summed E-state index contributed by atoms with van der Waals surface area (Å²) in [6.45, 7) is 4.51. The molecule has 2 saturated carbocycles. The van der Waals surface area contributed by atoms with Gasteiger partial charge in [-0.3, -0.25) is 10.1 Å². The predicted octanol–water partition coefficient (Wildman–Crippen LogP) is 3.72. The number of hydrogen-bond acceptors (Lipinski definition) is 2. The molecule has 2 aliphatic rings. The molecule has 2 N–H and O–H groups in total. The number of hydrogen-bond donors (Lipinski definition) is 2. The van der Waals surface area contributed by atoms with Crippen LogP contribution in [0.3, 0.4) is 0 Å². The van der Waals surface area contributed by atoms with Gasteiger partial charge in [-0.15, -0.1) is 0 Å². The van der Waals surface area contributed by atoms with Crippen molar-refractivity contribution >= 4 is 5.97 Å². The van der Waals surface area contributed by atoms with Crippen molar-refractivity contribution < 1.29 is 9.90 Å². The third-order valence-electron chi connectivity index (χ3n) is 5.20. The third-order valence-corrected chi connectivity index (χ3v) is 5.20. The van der Waals surface area contributed by atoms with E-state index in [2.05, 4.69) is 19.2 Å². The van der Waals surface area contributed by atoms with Crippen LogP contribution in [0.2, 0.25) is 0 Å². The first kappa shape index (κ1) is 14.8. The van der Waals surface area contributed by atoms with Gasteiger partial charge in [-0.2, -0.15) is 0 Å². The van der Waals surface area contributed by atoms with Crippen LogP contribution in [0.1, 0.15) is 78.1 Å². The molecule has 0 aromatic rings. The van der Waals surface area contributed by atoms with Crippen molar-refractivity contribution in [3.05, 3.63) is 0 Å². The summed E-state index contributed by atoms with van der Waals surface area (Å²) in [4.78, 5) is 11.8. The number of rotatable bonds is 3. The molecule has 2 rings (SSSR count). The molecule has 0 spiro atoms. The maximum atomic E-state index is 11.8. The molecule has 3 heteroatoms. The second kappa shape index (κ2) is 5.82. The molecule has 0 radical (unpaired) electrons. The summed E-state index contributed by atoms with van der Waals surface area (Å²) < 4.78 is 0. The van der Waals surface area contributed by atoms with Gasteiger partial charge in [-0.05, 0) is 43.9 Å². The molecule has 19 heavy (non-hydrogen) atoms. The average Bonchev–Trinajstić information content (AvgIpc) is 2.60. The lowest BCUT2D eigenvalue weighted by Gasteiger charge is -2.43. The van der Waals surface area contributed by atoms with E-state index in [1.807, 2.05) is 0 Å². The van der Waals surface area contributed by atoms with Crippen molar-refractivity contribution in [1.82, 2.24) is 5.32 Å². The van der Waals surface area contributed by atoms with Crippen LogP contribution in [0.5, 0.6) is 0 Å². The molecule has 3 nitrogen and oxygen atoms in total. The van der Waals surface area contributed by atoms with Gasteiger partial charge < -0.3 is 5.11 Å². The van der Waals surface area contributed by atoms with Crippen LogP contribution in [0.15, 0.2) is 0 Å². The van der Waals surface area contributed by atoms with Gasteiger partial charge in [0.25, 0.3) is 0 Å². The van der Waals surface area contributed by atoms with Crippen molar-refractivity contribution in [2.24, 2.45) is 5.41 Å². The molecule has 2 aliphatic carbocycles. The van der Waals surface area contributed by atoms with Gasteiger partial charge in [0.15, 0.2) is 0 Å². The van der Waals surface area contributed by atoms with E-state index in [4.69, 9.17) is 0 Å². The first-order valence-electron chi connectivity index (χ1n) is 7.95. The quantitative estimate of drug-likeness (QED) is 0.766. The summed E-state index contributed by atoms with van der Waals surface area (Å²) in [5.41, 5.74) is -0.339.